The number of methoxy groups -OCH3 is 2. The second kappa shape index (κ2) is 6.66. The molecule has 2 rings (SSSR count). The molecule has 0 aliphatic carbocycles. The normalized spacial score (nSPS) is 15.2. The van der Waals surface area contributed by atoms with E-state index < -0.39 is 23.6 Å². The summed E-state index contributed by atoms with van der Waals surface area (Å²) in [6.07, 6.45) is 0. The highest BCUT2D eigenvalue weighted by Crippen LogP contribution is 2.44. The molecule has 1 aliphatic heterocycles. The summed E-state index contributed by atoms with van der Waals surface area (Å²) >= 11 is 0. The molecule has 7 nitrogen and oxygen atoms in total. The number of nitrogens with one attached hydrogen (secondary N) is 1. The zero-order valence-electron chi connectivity index (χ0n) is 13.8. The summed E-state index contributed by atoms with van der Waals surface area (Å²) in [5, 5.41) is 23.0. The number of hydrogen-bond donors (Lipinski definition) is 3. The molecular weight excluding hydrogens is 314 g/mol. The number of carbonyl (C=O) groups excluding carboxylic acids is 2. The Balaban J connectivity index is 2.77. The van der Waals surface area contributed by atoms with Gasteiger partial charge in [-0.3, -0.25) is 0 Å². The van der Waals surface area contributed by atoms with E-state index in [0.29, 0.717) is 11.4 Å². The first-order valence-electron chi connectivity index (χ1n) is 7.19. The van der Waals surface area contributed by atoms with Crippen molar-refractivity contribution in [1.82, 2.24) is 5.32 Å². The molecule has 0 saturated carbocycles. The van der Waals surface area contributed by atoms with Gasteiger partial charge in [-0.05, 0) is 19.9 Å². The topological polar surface area (TPSA) is 105 Å². The lowest BCUT2D eigenvalue weighted by Crippen LogP contribution is -2.32. The number of allylic oxidation sites excluding steroid dienone is 2. The van der Waals surface area contributed by atoms with E-state index in [9.17, 15) is 19.8 Å². The van der Waals surface area contributed by atoms with Crippen LogP contribution < -0.4 is 5.32 Å². The molecule has 0 spiro atoms. The van der Waals surface area contributed by atoms with Gasteiger partial charge in [0.25, 0.3) is 0 Å². The Hall–Kier alpha value is -2.96. The lowest BCUT2D eigenvalue weighted by atomic mass is 9.80. The molecule has 3 N–H and O–H groups in total. The van der Waals surface area contributed by atoms with Crippen LogP contribution in [-0.4, -0.2) is 36.4 Å². The van der Waals surface area contributed by atoms with Crippen molar-refractivity contribution in [2.75, 3.05) is 14.2 Å². The van der Waals surface area contributed by atoms with Crippen molar-refractivity contribution >= 4 is 11.9 Å². The maximum absolute atomic E-state index is 12.3. The maximum atomic E-state index is 12.3. The summed E-state index contributed by atoms with van der Waals surface area (Å²) in [6.45, 7) is 3.33. The third kappa shape index (κ3) is 2.80. The lowest BCUT2D eigenvalue weighted by molar-refractivity contribution is -0.137. The van der Waals surface area contributed by atoms with Crippen molar-refractivity contribution in [2.45, 2.75) is 19.8 Å². The van der Waals surface area contributed by atoms with Gasteiger partial charge in [0.2, 0.25) is 0 Å². The van der Waals surface area contributed by atoms with E-state index in [-0.39, 0.29) is 22.5 Å². The van der Waals surface area contributed by atoms with E-state index in [4.69, 9.17) is 9.47 Å². The molecule has 0 aromatic heterocycles. The number of phenols is 2. The zero-order valence-corrected chi connectivity index (χ0v) is 13.8. The number of dihydropyridines is 1. The smallest absolute Gasteiger partial charge is 0.336 e. The first-order valence-corrected chi connectivity index (χ1v) is 7.19. The van der Waals surface area contributed by atoms with E-state index >= 15 is 0 Å². The van der Waals surface area contributed by atoms with Crippen LogP contribution in [0.1, 0.15) is 25.3 Å². The number of aromatic hydroxyl groups is 2. The Bertz CT molecular complexity index is 724. The molecule has 7 heteroatoms. The Morgan fingerprint density at radius 1 is 1.00 bits per heavy atom. The number of benzene rings is 1. The number of para-hydroxylation sites is 1. The first-order chi connectivity index (χ1) is 11.3. The maximum Gasteiger partial charge on any atom is 0.336 e. The van der Waals surface area contributed by atoms with E-state index in [1.54, 1.807) is 13.8 Å². The standard InChI is InChI=1S/C17H19NO6/c1-8-12(16(21)23-3)14(10-6-5-7-11(19)15(10)20)13(9(2)18-8)17(22)24-4/h5-7,14,18-20H,1-4H3. The number of rotatable bonds is 3. The van der Waals surface area contributed by atoms with Gasteiger partial charge in [0.15, 0.2) is 11.5 Å². The molecule has 1 aliphatic rings. The van der Waals surface area contributed by atoms with E-state index in [1.165, 1.54) is 32.4 Å². The predicted molar refractivity (Wildman–Crippen MR) is 85.1 cm³/mol. The van der Waals surface area contributed by atoms with Gasteiger partial charge in [0.05, 0.1) is 31.3 Å². The number of hydrogen-bond acceptors (Lipinski definition) is 7. The molecule has 1 aromatic carbocycles. The van der Waals surface area contributed by atoms with Gasteiger partial charge in [0, 0.05) is 17.0 Å². The summed E-state index contributed by atoms with van der Waals surface area (Å²) in [7, 11) is 2.45. The van der Waals surface area contributed by atoms with Crippen LogP contribution in [0.4, 0.5) is 0 Å². The van der Waals surface area contributed by atoms with Gasteiger partial charge >= 0.3 is 11.9 Å². The molecule has 0 unspecified atom stereocenters. The predicted octanol–water partition coefficient (Wildman–Crippen LogP) is 1.68. The van der Waals surface area contributed by atoms with Gasteiger partial charge in [-0.1, -0.05) is 12.1 Å². The van der Waals surface area contributed by atoms with Crippen molar-refractivity contribution in [1.29, 1.82) is 0 Å². The molecule has 128 valence electrons. The van der Waals surface area contributed by atoms with Crippen LogP contribution in [0.15, 0.2) is 40.7 Å². The van der Waals surface area contributed by atoms with Gasteiger partial charge in [-0.15, -0.1) is 0 Å². The number of carbonyl (C=O) groups is 2. The van der Waals surface area contributed by atoms with Gasteiger partial charge in [-0.25, -0.2) is 9.59 Å². The molecule has 1 heterocycles. The number of ether oxygens (including phenoxy) is 2. The molecule has 0 fully saturated rings. The minimum Gasteiger partial charge on any atom is -0.504 e. The third-order valence-corrected chi connectivity index (χ3v) is 3.93. The van der Waals surface area contributed by atoms with E-state index in [2.05, 4.69) is 5.32 Å². The highest BCUT2D eigenvalue weighted by atomic mass is 16.5. The summed E-state index contributed by atoms with van der Waals surface area (Å²) in [5.41, 5.74) is 1.49. The van der Waals surface area contributed by atoms with Crippen molar-refractivity contribution in [3.63, 3.8) is 0 Å². The molecule has 0 bridgehead atoms. The second-order valence-electron chi connectivity index (χ2n) is 5.33. The second-order valence-corrected chi connectivity index (χ2v) is 5.33. The minimum absolute atomic E-state index is 0.157. The molecule has 0 radical (unpaired) electrons. The van der Waals surface area contributed by atoms with E-state index in [1.807, 2.05) is 0 Å². The largest absolute Gasteiger partial charge is 0.504 e. The van der Waals surface area contributed by atoms with Crippen LogP contribution in [0, 0.1) is 0 Å². The Kier molecular flexibility index (Phi) is 4.82. The van der Waals surface area contributed by atoms with Crippen LogP contribution in [0.2, 0.25) is 0 Å². The molecule has 0 saturated heterocycles. The minimum atomic E-state index is -0.932. The van der Waals surface area contributed by atoms with Crippen LogP contribution >= 0.6 is 0 Å². The highest BCUT2D eigenvalue weighted by molar-refractivity contribution is 6.00. The summed E-state index contributed by atoms with van der Waals surface area (Å²) in [6, 6.07) is 4.35. The van der Waals surface area contributed by atoms with E-state index in [0.717, 1.165) is 0 Å². The number of phenolic OH excluding ortho intramolecular Hbond substituents is 2. The molecule has 0 atom stereocenters. The molecule has 1 aromatic rings. The van der Waals surface area contributed by atoms with Crippen molar-refractivity contribution in [3.05, 3.63) is 46.3 Å². The fourth-order valence-electron chi connectivity index (χ4n) is 2.85. The Morgan fingerprint density at radius 2 is 1.50 bits per heavy atom. The summed E-state index contributed by atoms with van der Waals surface area (Å²) < 4.78 is 9.65. The van der Waals surface area contributed by atoms with Crippen LogP contribution in [0.3, 0.4) is 0 Å². The Morgan fingerprint density at radius 3 is 1.96 bits per heavy atom. The SMILES string of the molecule is COC(=O)C1=C(C)NC(C)=C(C(=O)OC)C1c1cccc(O)c1O. The fraction of sp³-hybridized carbons (Fsp3) is 0.294. The van der Waals surface area contributed by atoms with Crippen LogP contribution in [-0.2, 0) is 19.1 Å². The third-order valence-electron chi connectivity index (χ3n) is 3.93. The van der Waals surface area contributed by atoms with Gasteiger partial charge < -0.3 is 25.0 Å². The quantitative estimate of drug-likeness (QED) is 0.571. The number of esters is 2. The summed E-state index contributed by atoms with van der Waals surface area (Å²) in [5.74, 6) is -3.00. The average molecular weight is 333 g/mol. The fourth-order valence-corrected chi connectivity index (χ4v) is 2.85. The van der Waals surface area contributed by atoms with Crippen LogP contribution in [0.25, 0.3) is 0 Å². The monoisotopic (exact) mass is 333 g/mol. The van der Waals surface area contributed by atoms with Crippen molar-refractivity contribution in [2.24, 2.45) is 0 Å². The zero-order chi connectivity index (χ0) is 18.0. The molecule has 0 amide bonds. The lowest BCUT2D eigenvalue weighted by Gasteiger charge is -2.30. The van der Waals surface area contributed by atoms with Gasteiger partial charge in [0.1, 0.15) is 0 Å². The Labute approximate surface area is 139 Å². The van der Waals surface area contributed by atoms with Crippen molar-refractivity contribution in [3.8, 4) is 11.5 Å². The summed E-state index contributed by atoms with van der Waals surface area (Å²) in [4.78, 5) is 24.6. The van der Waals surface area contributed by atoms with Crippen LogP contribution in [0.5, 0.6) is 11.5 Å². The van der Waals surface area contributed by atoms with Gasteiger partial charge in [-0.2, -0.15) is 0 Å². The average Bonchev–Trinajstić information content (AvgIpc) is 2.55. The molecular formula is C17H19NO6. The first kappa shape index (κ1) is 17.4. The molecule has 24 heavy (non-hydrogen) atoms. The van der Waals surface area contributed by atoms with Crippen molar-refractivity contribution < 1.29 is 29.3 Å². The highest BCUT2D eigenvalue weighted by Gasteiger charge is 2.39.